The lowest BCUT2D eigenvalue weighted by atomic mass is 10.2. The number of hydrogen-bond donors (Lipinski definition) is 0. The van der Waals surface area contributed by atoms with Crippen LogP contribution in [0.1, 0.15) is 5.56 Å². The molecule has 0 spiro atoms. The van der Waals surface area contributed by atoms with Gasteiger partial charge in [-0.25, -0.2) is 8.42 Å². The fraction of sp³-hybridized carbons (Fsp3) is 0.294. The van der Waals surface area contributed by atoms with Crippen molar-refractivity contribution >= 4 is 27.3 Å². The van der Waals surface area contributed by atoms with Crippen molar-refractivity contribution in [1.29, 1.82) is 0 Å². The van der Waals surface area contributed by atoms with E-state index >= 15 is 0 Å². The molecule has 0 aliphatic carbocycles. The molecule has 7 nitrogen and oxygen atoms in total. The van der Waals surface area contributed by atoms with Crippen LogP contribution in [0, 0.1) is 10.1 Å². The number of nitro groups is 1. The zero-order chi connectivity index (χ0) is 18.7. The highest BCUT2D eigenvalue weighted by atomic mass is 35.5. The van der Waals surface area contributed by atoms with Crippen LogP contribution < -0.4 is 0 Å². The Balaban J connectivity index is 1.64. The lowest BCUT2D eigenvalue weighted by molar-refractivity contribution is -0.384. The first-order chi connectivity index (χ1) is 12.4. The molecule has 26 heavy (non-hydrogen) atoms. The number of hydrogen-bond acceptors (Lipinski definition) is 5. The molecule has 0 bridgehead atoms. The number of non-ortho nitro benzene ring substituents is 1. The average molecular weight is 396 g/mol. The summed E-state index contributed by atoms with van der Waals surface area (Å²) in [5.74, 6) is 0. The minimum atomic E-state index is -3.57. The molecule has 0 aromatic heterocycles. The van der Waals surface area contributed by atoms with Gasteiger partial charge in [0.2, 0.25) is 10.0 Å². The van der Waals surface area contributed by atoms with Crippen LogP contribution in [0.25, 0.3) is 0 Å². The van der Waals surface area contributed by atoms with Crippen LogP contribution in [0.5, 0.6) is 0 Å². The summed E-state index contributed by atoms with van der Waals surface area (Å²) in [5, 5.41) is 11.3. The molecule has 0 atom stereocenters. The first kappa shape index (κ1) is 18.8. The molecule has 0 N–H and O–H groups in total. The largest absolute Gasteiger partial charge is 0.296 e. The Labute approximate surface area is 157 Å². The second-order valence-corrected chi connectivity index (χ2v) is 8.44. The van der Waals surface area contributed by atoms with Crippen LogP contribution in [-0.4, -0.2) is 48.7 Å². The second-order valence-electron chi connectivity index (χ2n) is 6.06. The number of nitro benzene ring substituents is 1. The van der Waals surface area contributed by atoms with E-state index in [1.165, 1.54) is 22.5 Å². The van der Waals surface area contributed by atoms with Gasteiger partial charge in [-0.15, -0.1) is 0 Å². The highest BCUT2D eigenvalue weighted by molar-refractivity contribution is 7.89. The summed E-state index contributed by atoms with van der Waals surface area (Å²) in [7, 11) is -3.57. The van der Waals surface area contributed by atoms with E-state index < -0.39 is 14.9 Å². The van der Waals surface area contributed by atoms with E-state index in [0.29, 0.717) is 37.7 Å². The van der Waals surface area contributed by atoms with Gasteiger partial charge in [0.1, 0.15) is 0 Å². The molecule has 0 saturated carbocycles. The molecule has 2 aromatic rings. The van der Waals surface area contributed by atoms with Crippen molar-refractivity contribution in [2.45, 2.75) is 11.4 Å². The van der Waals surface area contributed by atoms with E-state index in [1.54, 1.807) is 24.3 Å². The van der Waals surface area contributed by atoms with E-state index in [2.05, 4.69) is 4.90 Å². The van der Waals surface area contributed by atoms with Gasteiger partial charge in [0, 0.05) is 49.9 Å². The first-order valence-corrected chi connectivity index (χ1v) is 9.89. The van der Waals surface area contributed by atoms with Gasteiger partial charge in [0.15, 0.2) is 0 Å². The molecule has 2 aromatic carbocycles. The minimum absolute atomic E-state index is 0.0599. The van der Waals surface area contributed by atoms with Crippen molar-refractivity contribution in [3.8, 4) is 0 Å². The first-order valence-electron chi connectivity index (χ1n) is 8.08. The van der Waals surface area contributed by atoms with Gasteiger partial charge in [-0.05, 0) is 23.8 Å². The van der Waals surface area contributed by atoms with Crippen LogP contribution >= 0.6 is 11.6 Å². The summed E-state index contributed by atoms with van der Waals surface area (Å²) in [4.78, 5) is 12.7. The molecule has 1 aliphatic rings. The third-order valence-electron chi connectivity index (χ3n) is 4.29. The number of rotatable bonds is 5. The second kappa shape index (κ2) is 7.71. The zero-order valence-corrected chi connectivity index (χ0v) is 15.5. The summed E-state index contributed by atoms with van der Waals surface area (Å²) >= 11 is 5.90. The number of piperazine rings is 1. The smallest absolute Gasteiger partial charge is 0.269 e. The van der Waals surface area contributed by atoms with E-state index in [1.807, 2.05) is 6.07 Å². The lowest BCUT2D eigenvalue weighted by Crippen LogP contribution is -2.48. The predicted molar refractivity (Wildman–Crippen MR) is 98.6 cm³/mol. The molecule has 9 heteroatoms. The molecule has 0 unspecified atom stereocenters. The number of nitrogens with zero attached hydrogens (tertiary/aromatic N) is 3. The summed E-state index contributed by atoms with van der Waals surface area (Å²) in [5.41, 5.74) is 0.898. The van der Waals surface area contributed by atoms with Crippen LogP contribution in [0.2, 0.25) is 5.02 Å². The SMILES string of the molecule is O=[N+]([O-])c1cccc(CN2CCN(S(=O)(=O)c3cccc(Cl)c3)CC2)c1. The topological polar surface area (TPSA) is 83.8 Å². The summed E-state index contributed by atoms with van der Waals surface area (Å²) in [6, 6.07) is 12.7. The predicted octanol–water partition coefficient (Wildman–Crippen LogP) is 2.75. The van der Waals surface area contributed by atoms with Gasteiger partial charge in [0.25, 0.3) is 5.69 Å². The van der Waals surface area contributed by atoms with Gasteiger partial charge in [-0.1, -0.05) is 29.8 Å². The fourth-order valence-electron chi connectivity index (χ4n) is 2.93. The Morgan fingerprint density at radius 2 is 1.73 bits per heavy atom. The molecule has 0 amide bonds. The van der Waals surface area contributed by atoms with Crippen molar-refractivity contribution < 1.29 is 13.3 Å². The summed E-state index contributed by atoms with van der Waals surface area (Å²) < 4.78 is 26.8. The molecular weight excluding hydrogens is 378 g/mol. The summed E-state index contributed by atoms with van der Waals surface area (Å²) in [6.45, 7) is 2.39. The van der Waals surface area contributed by atoms with Crippen molar-refractivity contribution in [2.24, 2.45) is 0 Å². The zero-order valence-electron chi connectivity index (χ0n) is 13.9. The number of benzene rings is 2. The van der Waals surface area contributed by atoms with Crippen molar-refractivity contribution in [1.82, 2.24) is 9.21 Å². The van der Waals surface area contributed by atoms with E-state index in [0.717, 1.165) is 5.56 Å². The Bertz CT molecular complexity index is 912. The fourth-order valence-corrected chi connectivity index (χ4v) is 4.65. The van der Waals surface area contributed by atoms with Crippen LogP contribution in [0.3, 0.4) is 0 Å². The molecule has 138 valence electrons. The molecular formula is C17H18ClN3O4S. The van der Waals surface area contributed by atoms with Crippen molar-refractivity contribution in [3.05, 3.63) is 69.2 Å². The van der Waals surface area contributed by atoms with Gasteiger partial charge in [-0.2, -0.15) is 4.31 Å². The van der Waals surface area contributed by atoms with E-state index in [4.69, 9.17) is 11.6 Å². The number of halogens is 1. The minimum Gasteiger partial charge on any atom is -0.296 e. The van der Waals surface area contributed by atoms with Crippen molar-refractivity contribution in [3.63, 3.8) is 0 Å². The highest BCUT2D eigenvalue weighted by Crippen LogP contribution is 2.22. The Hall–Kier alpha value is -2.00. The van der Waals surface area contributed by atoms with Crippen LogP contribution in [-0.2, 0) is 16.6 Å². The molecule has 1 aliphatic heterocycles. The Morgan fingerprint density at radius 3 is 2.38 bits per heavy atom. The normalized spacial score (nSPS) is 16.5. The quantitative estimate of drug-likeness (QED) is 0.574. The standard InChI is InChI=1S/C17H18ClN3O4S/c18-15-4-2-6-17(12-15)26(24,25)20-9-7-19(8-10-20)13-14-3-1-5-16(11-14)21(22)23/h1-6,11-12H,7-10,13H2. The maximum Gasteiger partial charge on any atom is 0.269 e. The third kappa shape index (κ3) is 4.21. The van der Waals surface area contributed by atoms with Crippen molar-refractivity contribution in [2.75, 3.05) is 26.2 Å². The van der Waals surface area contributed by atoms with Gasteiger partial charge in [0.05, 0.1) is 9.82 Å². The highest BCUT2D eigenvalue weighted by Gasteiger charge is 2.28. The van der Waals surface area contributed by atoms with E-state index in [-0.39, 0.29) is 10.6 Å². The average Bonchev–Trinajstić information content (AvgIpc) is 2.62. The molecule has 3 rings (SSSR count). The van der Waals surface area contributed by atoms with Crippen LogP contribution in [0.4, 0.5) is 5.69 Å². The molecule has 1 heterocycles. The monoisotopic (exact) mass is 395 g/mol. The van der Waals surface area contributed by atoms with Crippen LogP contribution in [0.15, 0.2) is 53.4 Å². The van der Waals surface area contributed by atoms with Gasteiger partial charge in [-0.3, -0.25) is 15.0 Å². The summed E-state index contributed by atoms with van der Waals surface area (Å²) in [6.07, 6.45) is 0. The molecule has 0 radical (unpaired) electrons. The number of sulfonamides is 1. The third-order valence-corrected chi connectivity index (χ3v) is 6.42. The Kier molecular flexibility index (Phi) is 5.57. The van der Waals surface area contributed by atoms with E-state index in [9.17, 15) is 18.5 Å². The maximum atomic E-state index is 12.7. The molecule has 1 fully saturated rings. The maximum absolute atomic E-state index is 12.7. The van der Waals surface area contributed by atoms with Gasteiger partial charge < -0.3 is 0 Å². The van der Waals surface area contributed by atoms with Gasteiger partial charge >= 0.3 is 0 Å². The Morgan fingerprint density at radius 1 is 1.04 bits per heavy atom. The molecule has 1 saturated heterocycles. The lowest BCUT2D eigenvalue weighted by Gasteiger charge is -2.34.